The van der Waals surface area contributed by atoms with Crippen LogP contribution in [0.4, 0.5) is 0 Å². The van der Waals surface area contributed by atoms with Crippen LogP contribution in [0, 0.1) is 11.7 Å². The molecule has 0 aliphatic heterocycles. The molecule has 0 unspecified atom stereocenters. The van der Waals surface area contributed by atoms with Crippen LogP contribution in [0.2, 0.25) is 0 Å². The van der Waals surface area contributed by atoms with E-state index < -0.39 is 0 Å². The van der Waals surface area contributed by atoms with Gasteiger partial charge in [-0.1, -0.05) is 0 Å². The molecule has 0 bridgehead atoms. The fourth-order valence-corrected chi connectivity index (χ4v) is 1.23. The number of aromatic amines is 2. The molecule has 0 amide bonds. The Labute approximate surface area is 70.6 Å². The molecule has 0 saturated heterocycles. The van der Waals surface area contributed by atoms with Gasteiger partial charge < -0.3 is 4.98 Å². The van der Waals surface area contributed by atoms with Gasteiger partial charge in [-0.25, -0.2) is 0 Å². The molecule has 0 aliphatic carbocycles. The molecule has 0 spiro atoms. The lowest BCUT2D eigenvalue weighted by molar-refractivity contribution is 1.03. The minimum Gasteiger partial charge on any atom is -0.326 e. The molecule has 5 heteroatoms. The minimum absolute atomic E-state index is 0.157. The van der Waals surface area contributed by atoms with Crippen LogP contribution in [0.5, 0.6) is 0 Å². The van der Waals surface area contributed by atoms with Gasteiger partial charge in [0, 0.05) is 5.56 Å². The normalized spacial score (nSPS) is 9.80. The molecule has 0 aliphatic rings. The zero-order chi connectivity index (χ0) is 7.72. The zero-order valence-corrected chi connectivity index (χ0v) is 7.60. The van der Waals surface area contributed by atoms with Crippen LogP contribution in [-0.4, -0.2) is 9.97 Å². The third-order valence-corrected chi connectivity index (χ3v) is 2.12. The van der Waals surface area contributed by atoms with Crippen molar-refractivity contribution in [3.05, 3.63) is 25.3 Å². The third kappa shape index (κ3) is 1.35. The first-order chi connectivity index (χ1) is 4.61. The third-order valence-electron chi connectivity index (χ3n) is 1.12. The summed E-state index contributed by atoms with van der Waals surface area (Å²) in [6, 6.07) is 0. The van der Waals surface area contributed by atoms with E-state index in [4.69, 9.17) is 12.2 Å². The Bertz CT molecular complexity index is 353. The van der Waals surface area contributed by atoms with Crippen molar-refractivity contribution in [2.75, 3.05) is 0 Å². The van der Waals surface area contributed by atoms with Crippen LogP contribution in [0.1, 0.15) is 5.56 Å². The first-order valence-electron chi connectivity index (χ1n) is 2.60. The smallest absolute Gasteiger partial charge is 0.255 e. The van der Waals surface area contributed by atoms with E-state index in [1.54, 1.807) is 6.92 Å². The van der Waals surface area contributed by atoms with Crippen molar-refractivity contribution in [3.8, 4) is 0 Å². The van der Waals surface area contributed by atoms with Crippen molar-refractivity contribution in [3.63, 3.8) is 0 Å². The van der Waals surface area contributed by atoms with E-state index >= 15 is 0 Å². The first kappa shape index (κ1) is 7.68. The largest absolute Gasteiger partial charge is 0.326 e. The predicted molar refractivity (Wildman–Crippen MR) is 44.7 cm³/mol. The van der Waals surface area contributed by atoms with Crippen LogP contribution < -0.4 is 5.56 Å². The molecule has 1 heterocycles. The second-order valence-corrected chi connectivity index (χ2v) is 3.05. The van der Waals surface area contributed by atoms with E-state index in [0.717, 1.165) is 0 Å². The molecule has 1 aromatic heterocycles. The summed E-state index contributed by atoms with van der Waals surface area (Å²) in [5.41, 5.74) is 0.448. The lowest BCUT2D eigenvalue weighted by atomic mass is 10.4. The lowest BCUT2D eigenvalue weighted by Crippen LogP contribution is -2.11. The van der Waals surface area contributed by atoms with Gasteiger partial charge >= 0.3 is 0 Å². The lowest BCUT2D eigenvalue weighted by Gasteiger charge is -1.93. The molecule has 0 radical (unpaired) electrons. The van der Waals surface area contributed by atoms with Gasteiger partial charge in [-0.05, 0) is 35.1 Å². The maximum atomic E-state index is 10.9. The number of halogens is 1. The molecule has 1 rings (SSSR count). The number of hydrogen-bond acceptors (Lipinski definition) is 2. The second kappa shape index (κ2) is 2.67. The summed E-state index contributed by atoms with van der Waals surface area (Å²) < 4.78 is 0.976. The van der Waals surface area contributed by atoms with E-state index in [0.29, 0.717) is 14.9 Å². The minimum atomic E-state index is -0.157. The summed E-state index contributed by atoms with van der Waals surface area (Å²) in [5.74, 6) is 0. The summed E-state index contributed by atoms with van der Waals surface area (Å²) in [5, 5.41) is 0. The molecule has 0 atom stereocenters. The topological polar surface area (TPSA) is 48.6 Å². The summed E-state index contributed by atoms with van der Waals surface area (Å²) >= 11 is 7.86. The van der Waals surface area contributed by atoms with Crippen LogP contribution in [0.15, 0.2) is 9.40 Å². The summed E-state index contributed by atoms with van der Waals surface area (Å²) in [7, 11) is 0. The van der Waals surface area contributed by atoms with Gasteiger partial charge in [0.2, 0.25) is 0 Å². The summed E-state index contributed by atoms with van der Waals surface area (Å²) in [6.45, 7) is 1.70. The highest BCUT2D eigenvalue weighted by Crippen LogP contribution is 2.05. The zero-order valence-electron chi connectivity index (χ0n) is 5.19. The van der Waals surface area contributed by atoms with Crippen molar-refractivity contribution >= 4 is 28.1 Å². The molecule has 0 aromatic carbocycles. The predicted octanol–water partition coefficient (Wildman–Crippen LogP) is 1.50. The molecule has 0 saturated carbocycles. The van der Waals surface area contributed by atoms with Gasteiger partial charge in [0.1, 0.15) is 0 Å². The van der Waals surface area contributed by atoms with Gasteiger partial charge in [0.25, 0.3) is 5.56 Å². The highest BCUT2D eigenvalue weighted by atomic mass is 79.9. The van der Waals surface area contributed by atoms with Crippen LogP contribution >= 0.6 is 28.1 Å². The molecule has 3 nitrogen and oxygen atoms in total. The maximum Gasteiger partial charge on any atom is 0.255 e. The quantitative estimate of drug-likeness (QED) is 0.515. The van der Waals surface area contributed by atoms with Crippen molar-refractivity contribution < 1.29 is 0 Å². The SMILES string of the molecule is Cc1c(Br)[nH]c(=S)[nH]c1=O. The Hall–Kier alpha value is -0.420. The Morgan fingerprint density at radius 3 is 2.60 bits per heavy atom. The standard InChI is InChI=1S/C5H5BrN2OS/c1-2-3(6)7-5(10)8-4(2)9/h1H3,(H2,7,8,9,10). The van der Waals surface area contributed by atoms with E-state index in [1.807, 2.05) is 0 Å². The molecule has 10 heavy (non-hydrogen) atoms. The van der Waals surface area contributed by atoms with Crippen LogP contribution in [0.25, 0.3) is 0 Å². The molecular weight excluding hydrogens is 216 g/mol. The number of hydrogen-bond donors (Lipinski definition) is 2. The van der Waals surface area contributed by atoms with Gasteiger partial charge in [-0.2, -0.15) is 0 Å². The number of aromatic nitrogens is 2. The average Bonchev–Trinajstić information content (AvgIpc) is 1.82. The van der Waals surface area contributed by atoms with E-state index in [2.05, 4.69) is 25.9 Å². The van der Waals surface area contributed by atoms with Gasteiger partial charge in [0.05, 0.1) is 4.60 Å². The van der Waals surface area contributed by atoms with E-state index in [1.165, 1.54) is 0 Å². The van der Waals surface area contributed by atoms with E-state index in [9.17, 15) is 4.79 Å². The fraction of sp³-hybridized carbons (Fsp3) is 0.200. The highest BCUT2D eigenvalue weighted by molar-refractivity contribution is 9.10. The average molecular weight is 221 g/mol. The molecule has 0 fully saturated rings. The Kier molecular flexibility index (Phi) is 2.05. The maximum absolute atomic E-state index is 10.9. The van der Waals surface area contributed by atoms with Crippen LogP contribution in [0.3, 0.4) is 0 Å². The van der Waals surface area contributed by atoms with Gasteiger partial charge in [-0.15, -0.1) is 0 Å². The van der Waals surface area contributed by atoms with Crippen molar-refractivity contribution in [1.82, 2.24) is 9.97 Å². The van der Waals surface area contributed by atoms with Crippen LogP contribution in [-0.2, 0) is 0 Å². The molecule has 54 valence electrons. The van der Waals surface area contributed by atoms with Crippen molar-refractivity contribution in [2.24, 2.45) is 0 Å². The first-order valence-corrected chi connectivity index (χ1v) is 3.80. The number of nitrogens with one attached hydrogen (secondary N) is 2. The second-order valence-electron chi connectivity index (χ2n) is 1.85. The van der Waals surface area contributed by atoms with Crippen molar-refractivity contribution in [1.29, 1.82) is 0 Å². The number of rotatable bonds is 0. The molecular formula is C5H5BrN2OS. The Morgan fingerprint density at radius 2 is 2.10 bits per heavy atom. The highest BCUT2D eigenvalue weighted by Gasteiger charge is 1.96. The Balaban J connectivity index is 3.62. The molecule has 1 aromatic rings. The summed E-state index contributed by atoms with van der Waals surface area (Å²) in [6.07, 6.45) is 0. The monoisotopic (exact) mass is 220 g/mol. The fourth-order valence-electron chi connectivity index (χ4n) is 0.521. The number of H-pyrrole nitrogens is 2. The van der Waals surface area contributed by atoms with Gasteiger partial charge in [-0.3, -0.25) is 9.78 Å². The Morgan fingerprint density at radius 1 is 1.50 bits per heavy atom. The van der Waals surface area contributed by atoms with Crippen molar-refractivity contribution in [2.45, 2.75) is 6.92 Å². The summed E-state index contributed by atoms with van der Waals surface area (Å²) in [4.78, 5) is 16.1. The molecule has 2 N–H and O–H groups in total. The van der Waals surface area contributed by atoms with Gasteiger partial charge in [0.15, 0.2) is 4.77 Å². The van der Waals surface area contributed by atoms with E-state index in [-0.39, 0.29) is 5.56 Å².